The first-order valence-electron chi connectivity index (χ1n) is 5.29. The first-order chi connectivity index (χ1) is 7.22. The second-order valence-electron chi connectivity index (χ2n) is 3.53. The van der Waals surface area contributed by atoms with Crippen molar-refractivity contribution in [3.63, 3.8) is 0 Å². The van der Waals surface area contributed by atoms with Crippen LogP contribution in [0, 0.1) is 6.92 Å². The SMILES string of the molecule is CCNC(=S)NCCc1cccc(C)c1. The average molecular weight is 222 g/mol. The van der Waals surface area contributed by atoms with Crippen LogP contribution in [0.3, 0.4) is 0 Å². The summed E-state index contributed by atoms with van der Waals surface area (Å²) in [5.41, 5.74) is 2.66. The molecule has 0 heterocycles. The van der Waals surface area contributed by atoms with E-state index in [1.807, 2.05) is 6.92 Å². The normalized spacial score (nSPS) is 9.73. The lowest BCUT2D eigenvalue weighted by Gasteiger charge is -2.08. The molecule has 0 aliphatic carbocycles. The zero-order chi connectivity index (χ0) is 11.1. The van der Waals surface area contributed by atoms with Gasteiger partial charge < -0.3 is 10.6 Å². The van der Waals surface area contributed by atoms with Gasteiger partial charge in [0.05, 0.1) is 0 Å². The fraction of sp³-hybridized carbons (Fsp3) is 0.417. The number of nitrogens with one attached hydrogen (secondary N) is 2. The van der Waals surface area contributed by atoms with Crippen LogP contribution in [-0.2, 0) is 6.42 Å². The van der Waals surface area contributed by atoms with E-state index in [1.165, 1.54) is 11.1 Å². The van der Waals surface area contributed by atoms with Gasteiger partial charge in [0.1, 0.15) is 0 Å². The molecule has 0 unspecified atom stereocenters. The molecule has 0 aromatic heterocycles. The Bertz CT molecular complexity index is 323. The van der Waals surface area contributed by atoms with Gasteiger partial charge in [0.15, 0.2) is 5.11 Å². The van der Waals surface area contributed by atoms with Crippen molar-refractivity contribution in [3.05, 3.63) is 35.4 Å². The lowest BCUT2D eigenvalue weighted by molar-refractivity contribution is 0.829. The highest BCUT2D eigenvalue weighted by molar-refractivity contribution is 7.80. The molecule has 15 heavy (non-hydrogen) atoms. The predicted molar refractivity (Wildman–Crippen MR) is 69.2 cm³/mol. The van der Waals surface area contributed by atoms with E-state index in [-0.39, 0.29) is 0 Å². The van der Waals surface area contributed by atoms with Crippen molar-refractivity contribution in [2.75, 3.05) is 13.1 Å². The Labute approximate surface area is 97.1 Å². The summed E-state index contributed by atoms with van der Waals surface area (Å²) >= 11 is 5.07. The topological polar surface area (TPSA) is 24.1 Å². The van der Waals surface area contributed by atoms with Crippen LogP contribution >= 0.6 is 12.2 Å². The third-order valence-electron chi connectivity index (χ3n) is 2.12. The molecule has 2 N–H and O–H groups in total. The summed E-state index contributed by atoms with van der Waals surface area (Å²) in [5, 5.41) is 6.98. The number of hydrogen-bond acceptors (Lipinski definition) is 1. The summed E-state index contributed by atoms with van der Waals surface area (Å²) < 4.78 is 0. The Balaban J connectivity index is 2.28. The summed E-state index contributed by atoms with van der Waals surface area (Å²) in [4.78, 5) is 0. The highest BCUT2D eigenvalue weighted by Crippen LogP contribution is 2.03. The van der Waals surface area contributed by atoms with Crippen LogP contribution in [0.1, 0.15) is 18.1 Å². The van der Waals surface area contributed by atoms with Crippen molar-refractivity contribution < 1.29 is 0 Å². The third-order valence-corrected chi connectivity index (χ3v) is 2.41. The third kappa shape index (κ3) is 4.79. The molecule has 0 fully saturated rings. The summed E-state index contributed by atoms with van der Waals surface area (Å²) in [6.07, 6.45) is 1.01. The molecule has 1 rings (SSSR count). The average Bonchev–Trinajstić information content (AvgIpc) is 2.18. The molecule has 0 aliphatic rings. The summed E-state index contributed by atoms with van der Waals surface area (Å²) in [6.45, 7) is 5.90. The minimum Gasteiger partial charge on any atom is -0.363 e. The first kappa shape index (κ1) is 12.0. The molecular weight excluding hydrogens is 204 g/mol. The fourth-order valence-electron chi connectivity index (χ4n) is 1.41. The molecular formula is C12H18N2S. The maximum absolute atomic E-state index is 5.07. The van der Waals surface area contributed by atoms with Crippen molar-refractivity contribution in [2.24, 2.45) is 0 Å². The van der Waals surface area contributed by atoms with Crippen LogP contribution in [0.5, 0.6) is 0 Å². The Morgan fingerprint density at radius 2 is 2.13 bits per heavy atom. The molecule has 0 saturated heterocycles. The van der Waals surface area contributed by atoms with Crippen molar-refractivity contribution in [1.82, 2.24) is 10.6 Å². The quantitative estimate of drug-likeness (QED) is 0.762. The van der Waals surface area contributed by atoms with E-state index in [9.17, 15) is 0 Å². The van der Waals surface area contributed by atoms with Gasteiger partial charge in [-0.2, -0.15) is 0 Å². The first-order valence-corrected chi connectivity index (χ1v) is 5.70. The molecule has 3 heteroatoms. The van der Waals surface area contributed by atoms with E-state index in [4.69, 9.17) is 12.2 Å². The van der Waals surface area contributed by atoms with Crippen LogP contribution in [0.2, 0.25) is 0 Å². The van der Waals surface area contributed by atoms with Gasteiger partial charge in [0, 0.05) is 13.1 Å². The van der Waals surface area contributed by atoms with E-state index in [0.29, 0.717) is 0 Å². The van der Waals surface area contributed by atoms with E-state index >= 15 is 0 Å². The molecule has 0 spiro atoms. The standard InChI is InChI=1S/C12H18N2S/c1-3-13-12(15)14-8-7-11-6-4-5-10(2)9-11/h4-6,9H,3,7-8H2,1-2H3,(H2,13,14,15). The smallest absolute Gasteiger partial charge is 0.166 e. The molecule has 0 bridgehead atoms. The Morgan fingerprint density at radius 1 is 1.33 bits per heavy atom. The minimum atomic E-state index is 0.741. The predicted octanol–water partition coefficient (Wildman–Crippen LogP) is 2.02. The van der Waals surface area contributed by atoms with E-state index in [0.717, 1.165) is 24.6 Å². The largest absolute Gasteiger partial charge is 0.363 e. The minimum absolute atomic E-state index is 0.741. The number of hydrogen-bond donors (Lipinski definition) is 2. The van der Waals surface area contributed by atoms with Crippen molar-refractivity contribution in [2.45, 2.75) is 20.3 Å². The monoisotopic (exact) mass is 222 g/mol. The Morgan fingerprint density at radius 3 is 2.80 bits per heavy atom. The molecule has 0 amide bonds. The van der Waals surface area contributed by atoms with Gasteiger partial charge in [-0.1, -0.05) is 29.8 Å². The van der Waals surface area contributed by atoms with Crippen LogP contribution in [0.15, 0.2) is 24.3 Å². The number of benzene rings is 1. The maximum atomic E-state index is 5.07. The van der Waals surface area contributed by atoms with Crippen molar-refractivity contribution in [1.29, 1.82) is 0 Å². The van der Waals surface area contributed by atoms with Crippen LogP contribution in [-0.4, -0.2) is 18.2 Å². The summed E-state index contributed by atoms with van der Waals surface area (Å²) in [7, 11) is 0. The van der Waals surface area contributed by atoms with Crippen LogP contribution < -0.4 is 10.6 Å². The van der Waals surface area contributed by atoms with E-state index in [1.54, 1.807) is 0 Å². The number of rotatable bonds is 4. The molecule has 2 nitrogen and oxygen atoms in total. The molecule has 1 aromatic carbocycles. The molecule has 0 aliphatic heterocycles. The molecule has 82 valence electrons. The second-order valence-corrected chi connectivity index (χ2v) is 3.93. The summed E-state index contributed by atoms with van der Waals surface area (Å²) in [5.74, 6) is 0. The number of thiocarbonyl (C=S) groups is 1. The zero-order valence-corrected chi connectivity index (χ0v) is 10.2. The van der Waals surface area contributed by atoms with Crippen molar-refractivity contribution >= 4 is 17.3 Å². The second kappa shape index (κ2) is 6.40. The van der Waals surface area contributed by atoms with Gasteiger partial charge >= 0.3 is 0 Å². The zero-order valence-electron chi connectivity index (χ0n) is 9.34. The molecule has 0 radical (unpaired) electrons. The Kier molecular flexibility index (Phi) is 5.12. The summed E-state index contributed by atoms with van der Waals surface area (Å²) in [6, 6.07) is 8.55. The molecule has 1 aromatic rings. The highest BCUT2D eigenvalue weighted by Gasteiger charge is 1.95. The van der Waals surface area contributed by atoms with Crippen molar-refractivity contribution in [3.8, 4) is 0 Å². The Hall–Kier alpha value is -1.09. The van der Waals surface area contributed by atoms with Gasteiger partial charge in [0.25, 0.3) is 0 Å². The maximum Gasteiger partial charge on any atom is 0.166 e. The van der Waals surface area contributed by atoms with Gasteiger partial charge in [-0.3, -0.25) is 0 Å². The fourth-order valence-corrected chi connectivity index (χ4v) is 1.66. The highest BCUT2D eigenvalue weighted by atomic mass is 32.1. The van der Waals surface area contributed by atoms with Gasteiger partial charge in [-0.25, -0.2) is 0 Å². The van der Waals surface area contributed by atoms with Gasteiger partial charge in [-0.05, 0) is 38.0 Å². The van der Waals surface area contributed by atoms with Gasteiger partial charge in [-0.15, -0.1) is 0 Å². The van der Waals surface area contributed by atoms with E-state index < -0.39 is 0 Å². The van der Waals surface area contributed by atoms with Crippen LogP contribution in [0.4, 0.5) is 0 Å². The molecule has 0 atom stereocenters. The van der Waals surface area contributed by atoms with Gasteiger partial charge in [0.2, 0.25) is 0 Å². The van der Waals surface area contributed by atoms with Crippen LogP contribution in [0.25, 0.3) is 0 Å². The lowest BCUT2D eigenvalue weighted by atomic mass is 10.1. The van der Waals surface area contributed by atoms with E-state index in [2.05, 4.69) is 41.8 Å². The number of aryl methyl sites for hydroxylation is 1. The molecule has 0 saturated carbocycles. The lowest BCUT2D eigenvalue weighted by Crippen LogP contribution is -2.36.